The van der Waals surface area contributed by atoms with Gasteiger partial charge in [-0.25, -0.2) is 13.1 Å². The zero-order valence-electron chi connectivity index (χ0n) is 17.7. The van der Waals surface area contributed by atoms with E-state index in [0.29, 0.717) is 27.7 Å². The zero-order chi connectivity index (χ0) is 22.4. The Kier molecular flexibility index (Phi) is 5.27. The van der Waals surface area contributed by atoms with Crippen molar-refractivity contribution in [3.8, 4) is 5.69 Å². The Bertz CT molecular complexity index is 1370. The Hall–Kier alpha value is -2.90. The topological polar surface area (TPSA) is 76.9 Å². The van der Waals surface area contributed by atoms with Crippen molar-refractivity contribution < 1.29 is 8.42 Å². The van der Waals surface area contributed by atoms with Gasteiger partial charge in [0.25, 0.3) is 10.0 Å². The number of nitrogens with zero attached hydrogens (tertiary/aromatic N) is 3. The highest BCUT2D eigenvalue weighted by Crippen LogP contribution is 2.30. The fourth-order valence-corrected chi connectivity index (χ4v) is 4.64. The van der Waals surface area contributed by atoms with E-state index in [-0.39, 0.29) is 10.3 Å². The first-order valence-corrected chi connectivity index (χ1v) is 11.7. The minimum Gasteiger partial charge on any atom is -0.263 e. The number of hydrogen-bond donors (Lipinski definition) is 1. The number of aromatic nitrogens is 3. The van der Waals surface area contributed by atoms with Crippen molar-refractivity contribution in [3.05, 3.63) is 77.1 Å². The van der Waals surface area contributed by atoms with Crippen molar-refractivity contribution in [1.82, 2.24) is 14.8 Å². The lowest BCUT2D eigenvalue weighted by Gasteiger charge is -2.19. The number of pyridine rings is 1. The van der Waals surface area contributed by atoms with Crippen LogP contribution in [-0.4, -0.2) is 23.2 Å². The fourth-order valence-electron chi connectivity index (χ4n) is 3.39. The molecular formula is C23H23ClN4O2S. The molecule has 0 aliphatic heterocycles. The van der Waals surface area contributed by atoms with Gasteiger partial charge in [0.05, 0.1) is 26.8 Å². The van der Waals surface area contributed by atoms with Gasteiger partial charge >= 0.3 is 0 Å². The molecule has 0 aliphatic rings. The van der Waals surface area contributed by atoms with Crippen molar-refractivity contribution in [3.63, 3.8) is 0 Å². The molecule has 6 nitrogen and oxygen atoms in total. The summed E-state index contributed by atoms with van der Waals surface area (Å²) in [4.78, 5) is 4.53. The lowest BCUT2D eigenvalue weighted by molar-refractivity contribution is 0.587. The third kappa shape index (κ3) is 4.16. The predicted octanol–water partition coefficient (Wildman–Crippen LogP) is 5.48. The highest BCUT2D eigenvalue weighted by molar-refractivity contribution is 7.92. The Morgan fingerprint density at radius 3 is 2.42 bits per heavy atom. The van der Waals surface area contributed by atoms with Gasteiger partial charge in [-0.1, -0.05) is 44.5 Å². The molecule has 2 aromatic carbocycles. The number of anilines is 1. The summed E-state index contributed by atoms with van der Waals surface area (Å²) in [6.45, 7) is 8.06. The number of benzene rings is 2. The van der Waals surface area contributed by atoms with Gasteiger partial charge < -0.3 is 0 Å². The van der Waals surface area contributed by atoms with Gasteiger partial charge in [0, 0.05) is 17.6 Å². The zero-order valence-corrected chi connectivity index (χ0v) is 19.3. The standard InChI is InChI=1S/C23H23ClN4O2S/c1-15-14-21(27-31(29,30)17-9-7-16(8-10-17)23(2,3)4)28(26-15)20-12-11-19(24)22-18(20)6-5-13-25-22/h5-14,27H,1-4H3. The maximum absolute atomic E-state index is 13.1. The number of fused-ring (bicyclic) bond motifs is 1. The first kappa shape index (κ1) is 21.3. The Balaban J connectivity index is 1.76. The maximum Gasteiger partial charge on any atom is 0.263 e. The molecule has 0 unspecified atom stereocenters. The van der Waals surface area contributed by atoms with Crippen LogP contribution in [0.15, 0.2) is 65.7 Å². The highest BCUT2D eigenvalue weighted by Gasteiger charge is 2.21. The third-order valence-electron chi connectivity index (χ3n) is 5.03. The van der Waals surface area contributed by atoms with E-state index in [1.165, 1.54) is 0 Å². The molecule has 4 rings (SSSR count). The van der Waals surface area contributed by atoms with E-state index in [2.05, 4.69) is 35.6 Å². The van der Waals surface area contributed by atoms with Gasteiger partial charge in [0.15, 0.2) is 0 Å². The SMILES string of the molecule is Cc1cc(NS(=O)(=O)c2ccc(C(C)(C)C)cc2)n(-c2ccc(Cl)c3ncccc23)n1. The number of nitrogens with one attached hydrogen (secondary N) is 1. The van der Waals surface area contributed by atoms with Crippen molar-refractivity contribution in [2.24, 2.45) is 0 Å². The average molecular weight is 455 g/mol. The summed E-state index contributed by atoms with van der Waals surface area (Å²) in [5, 5.41) is 5.79. The lowest BCUT2D eigenvalue weighted by Crippen LogP contribution is -2.17. The van der Waals surface area contributed by atoms with Gasteiger partial charge in [-0.05, 0) is 54.3 Å². The molecule has 0 atom stereocenters. The summed E-state index contributed by atoms with van der Waals surface area (Å²) in [5.74, 6) is 0.338. The second-order valence-corrected chi connectivity index (χ2v) is 10.5. The normalized spacial score (nSPS) is 12.3. The van der Waals surface area contributed by atoms with Gasteiger partial charge in [-0.3, -0.25) is 9.71 Å². The second-order valence-electron chi connectivity index (χ2n) is 8.43. The Morgan fingerprint density at radius 2 is 1.74 bits per heavy atom. The van der Waals surface area contributed by atoms with Crippen LogP contribution >= 0.6 is 11.6 Å². The predicted molar refractivity (Wildman–Crippen MR) is 125 cm³/mol. The summed E-state index contributed by atoms with van der Waals surface area (Å²) in [5.41, 5.74) is 2.98. The van der Waals surface area contributed by atoms with Crippen LogP contribution in [0.25, 0.3) is 16.6 Å². The molecule has 160 valence electrons. The van der Waals surface area contributed by atoms with Gasteiger partial charge in [-0.2, -0.15) is 5.10 Å². The van der Waals surface area contributed by atoms with E-state index in [1.54, 1.807) is 47.3 Å². The first-order chi connectivity index (χ1) is 14.6. The molecule has 0 saturated carbocycles. The molecular weight excluding hydrogens is 432 g/mol. The molecule has 0 spiro atoms. The van der Waals surface area contributed by atoms with E-state index < -0.39 is 10.0 Å². The Labute approximate surface area is 186 Å². The number of hydrogen-bond acceptors (Lipinski definition) is 4. The monoisotopic (exact) mass is 454 g/mol. The molecule has 0 saturated heterocycles. The van der Waals surface area contributed by atoms with E-state index >= 15 is 0 Å². The van der Waals surface area contributed by atoms with Gasteiger partial charge in [0.2, 0.25) is 0 Å². The number of rotatable bonds is 4. The smallest absolute Gasteiger partial charge is 0.263 e. The second kappa shape index (κ2) is 7.66. The summed E-state index contributed by atoms with van der Waals surface area (Å²) >= 11 is 6.29. The highest BCUT2D eigenvalue weighted by atomic mass is 35.5. The third-order valence-corrected chi connectivity index (χ3v) is 6.70. The van der Waals surface area contributed by atoms with Crippen LogP contribution in [0.2, 0.25) is 5.02 Å². The molecule has 2 aromatic heterocycles. The average Bonchev–Trinajstić information content (AvgIpc) is 3.07. The summed E-state index contributed by atoms with van der Waals surface area (Å²) in [6.07, 6.45) is 1.66. The maximum atomic E-state index is 13.1. The number of aryl methyl sites for hydroxylation is 1. The molecule has 0 radical (unpaired) electrons. The molecule has 1 N–H and O–H groups in total. The summed E-state index contributed by atoms with van der Waals surface area (Å²) in [6, 6.07) is 15.8. The van der Waals surface area contributed by atoms with E-state index in [9.17, 15) is 8.42 Å². The fraction of sp³-hybridized carbons (Fsp3) is 0.217. The molecule has 31 heavy (non-hydrogen) atoms. The van der Waals surface area contributed by atoms with Crippen LogP contribution in [0.1, 0.15) is 32.0 Å². The van der Waals surface area contributed by atoms with Gasteiger partial charge in [0.1, 0.15) is 5.82 Å². The van der Waals surface area contributed by atoms with E-state index in [0.717, 1.165) is 10.9 Å². The van der Waals surface area contributed by atoms with Crippen LogP contribution in [0, 0.1) is 6.92 Å². The van der Waals surface area contributed by atoms with Crippen molar-refractivity contribution in [2.45, 2.75) is 38.0 Å². The van der Waals surface area contributed by atoms with Gasteiger partial charge in [-0.15, -0.1) is 0 Å². The van der Waals surface area contributed by atoms with Crippen LogP contribution in [-0.2, 0) is 15.4 Å². The quantitative estimate of drug-likeness (QED) is 0.443. The number of sulfonamides is 1. The molecule has 4 aromatic rings. The van der Waals surface area contributed by atoms with E-state index in [4.69, 9.17) is 11.6 Å². The van der Waals surface area contributed by atoms with Crippen LogP contribution in [0.5, 0.6) is 0 Å². The molecule has 0 fully saturated rings. The van der Waals surface area contributed by atoms with Crippen molar-refractivity contribution in [1.29, 1.82) is 0 Å². The van der Waals surface area contributed by atoms with Crippen LogP contribution in [0.3, 0.4) is 0 Å². The summed E-state index contributed by atoms with van der Waals surface area (Å²) < 4.78 is 30.4. The molecule has 0 bridgehead atoms. The lowest BCUT2D eigenvalue weighted by atomic mass is 9.87. The summed E-state index contributed by atoms with van der Waals surface area (Å²) in [7, 11) is -3.81. The molecule has 0 amide bonds. The van der Waals surface area contributed by atoms with Crippen LogP contribution in [0.4, 0.5) is 5.82 Å². The number of halogens is 1. The molecule has 8 heteroatoms. The Morgan fingerprint density at radius 1 is 1.03 bits per heavy atom. The van der Waals surface area contributed by atoms with Crippen molar-refractivity contribution in [2.75, 3.05) is 4.72 Å². The molecule has 2 heterocycles. The first-order valence-electron chi connectivity index (χ1n) is 9.80. The minimum atomic E-state index is -3.81. The largest absolute Gasteiger partial charge is 0.263 e. The van der Waals surface area contributed by atoms with Crippen LogP contribution < -0.4 is 4.72 Å². The minimum absolute atomic E-state index is 0.0604. The molecule has 0 aliphatic carbocycles. The van der Waals surface area contributed by atoms with Crippen molar-refractivity contribution >= 4 is 38.3 Å². The van der Waals surface area contributed by atoms with E-state index in [1.807, 2.05) is 25.1 Å².